The lowest BCUT2D eigenvalue weighted by Gasteiger charge is -2.26. The molecule has 0 saturated carbocycles. The van der Waals surface area contributed by atoms with E-state index in [0.717, 1.165) is 51.4 Å². The van der Waals surface area contributed by atoms with E-state index in [1.165, 1.54) is 77.0 Å². The lowest BCUT2D eigenvalue weighted by Crippen LogP contribution is -2.46. The molecule has 3 atom stereocenters. The number of amides is 1. The van der Waals surface area contributed by atoms with Gasteiger partial charge in [0, 0.05) is 6.42 Å². The van der Waals surface area contributed by atoms with E-state index in [1.807, 2.05) is 21.1 Å². The number of nitrogens with one attached hydrogen (secondary N) is 1. The molecule has 0 aromatic heterocycles. The van der Waals surface area contributed by atoms with Crippen LogP contribution in [0, 0.1) is 0 Å². The second-order valence-corrected chi connectivity index (χ2v) is 15.1. The van der Waals surface area contributed by atoms with Gasteiger partial charge in [0.25, 0.3) is 0 Å². The van der Waals surface area contributed by atoms with Crippen LogP contribution in [0.25, 0.3) is 0 Å². The summed E-state index contributed by atoms with van der Waals surface area (Å²) >= 11 is 0. The molecule has 3 unspecified atom stereocenters. The van der Waals surface area contributed by atoms with E-state index in [9.17, 15) is 19.4 Å². The zero-order valence-electron chi connectivity index (χ0n) is 29.4. The van der Waals surface area contributed by atoms with Crippen LogP contribution in [0.2, 0.25) is 0 Å². The summed E-state index contributed by atoms with van der Waals surface area (Å²) in [5, 5.41) is 13.8. The van der Waals surface area contributed by atoms with E-state index in [1.54, 1.807) is 0 Å². The second kappa shape index (κ2) is 28.5. The average molecular weight is 648 g/mol. The Hall–Kier alpha value is -0.760. The summed E-state index contributed by atoms with van der Waals surface area (Å²) in [4.78, 5) is 22.9. The van der Waals surface area contributed by atoms with Gasteiger partial charge in [-0.1, -0.05) is 129 Å². The molecule has 0 heterocycles. The number of aliphatic hydroxyl groups excluding tert-OH is 1. The number of nitrogens with zero attached hydrogens (tertiary/aromatic N) is 1. The van der Waals surface area contributed by atoms with Crippen molar-refractivity contribution < 1.29 is 32.9 Å². The van der Waals surface area contributed by atoms with Gasteiger partial charge in [0.15, 0.2) is 0 Å². The number of rotatable bonds is 32. The maximum absolute atomic E-state index is 12.7. The minimum absolute atomic E-state index is 0.0741. The minimum Gasteiger partial charge on any atom is -0.391 e. The summed E-state index contributed by atoms with van der Waals surface area (Å²) in [5.41, 5.74) is 0. The highest BCUT2D eigenvalue weighted by Gasteiger charge is 2.28. The molecule has 0 rings (SSSR count). The standard InChI is InChI=1S/C35H71N2O6P/c1-6-8-10-12-14-16-18-20-22-24-26-28-34(38)33(32-43-44(40,41)42-31-30-37(3,4)5)36-35(39)29-27-25-23-21-19-17-15-13-11-9-7-2/h13,15,33-34,38H,6-12,14,16-32H2,1-5H3,(H-,36,39,40,41)/p+1/b15-13-. The number of likely N-dealkylation sites (N-methyl/N-ethyl adjacent to an activating group) is 1. The fraction of sp³-hybridized carbons (Fsp3) is 0.914. The zero-order valence-corrected chi connectivity index (χ0v) is 30.3. The van der Waals surface area contributed by atoms with Gasteiger partial charge in [-0.3, -0.25) is 13.8 Å². The number of phosphoric ester groups is 1. The summed E-state index contributed by atoms with van der Waals surface area (Å²) in [6.07, 6.45) is 28.0. The molecule has 0 aliphatic carbocycles. The van der Waals surface area contributed by atoms with Crippen molar-refractivity contribution in [3.63, 3.8) is 0 Å². The van der Waals surface area contributed by atoms with Crippen LogP contribution in [0.5, 0.6) is 0 Å². The highest BCUT2D eigenvalue weighted by atomic mass is 31.2. The van der Waals surface area contributed by atoms with Gasteiger partial charge in [-0.25, -0.2) is 4.57 Å². The van der Waals surface area contributed by atoms with Crippen LogP contribution in [0.15, 0.2) is 12.2 Å². The molecular weight excluding hydrogens is 575 g/mol. The molecule has 0 bridgehead atoms. The summed E-state index contributed by atoms with van der Waals surface area (Å²) in [6.45, 7) is 4.80. The molecule has 44 heavy (non-hydrogen) atoms. The minimum atomic E-state index is -4.30. The first kappa shape index (κ1) is 43.2. The van der Waals surface area contributed by atoms with Crippen LogP contribution in [0.4, 0.5) is 0 Å². The third-order valence-corrected chi connectivity index (χ3v) is 9.00. The van der Waals surface area contributed by atoms with Crippen molar-refractivity contribution in [3.8, 4) is 0 Å². The van der Waals surface area contributed by atoms with E-state index >= 15 is 0 Å². The van der Waals surface area contributed by atoms with Crippen molar-refractivity contribution in [1.29, 1.82) is 0 Å². The van der Waals surface area contributed by atoms with Crippen molar-refractivity contribution in [2.75, 3.05) is 40.9 Å². The molecule has 8 nitrogen and oxygen atoms in total. The van der Waals surface area contributed by atoms with Crippen molar-refractivity contribution >= 4 is 13.7 Å². The number of hydrogen-bond acceptors (Lipinski definition) is 5. The summed E-state index contributed by atoms with van der Waals surface area (Å²) < 4.78 is 23.4. The number of allylic oxidation sites excluding steroid dienone is 2. The van der Waals surface area contributed by atoms with Gasteiger partial charge in [0.1, 0.15) is 13.2 Å². The Bertz CT molecular complexity index is 743. The van der Waals surface area contributed by atoms with Crippen molar-refractivity contribution in [2.24, 2.45) is 0 Å². The molecule has 0 radical (unpaired) electrons. The van der Waals surface area contributed by atoms with Gasteiger partial charge >= 0.3 is 7.82 Å². The van der Waals surface area contributed by atoms with Crippen LogP contribution in [-0.2, 0) is 18.4 Å². The lowest BCUT2D eigenvalue weighted by molar-refractivity contribution is -0.870. The Morgan fingerprint density at radius 2 is 1.25 bits per heavy atom. The molecule has 0 aromatic carbocycles. The Morgan fingerprint density at radius 1 is 0.750 bits per heavy atom. The number of unbranched alkanes of at least 4 members (excludes halogenated alkanes) is 17. The normalized spacial score (nSPS) is 15.0. The largest absolute Gasteiger partial charge is 0.472 e. The first-order valence-electron chi connectivity index (χ1n) is 18.1. The molecular formula is C35H72N2O6P+. The van der Waals surface area contributed by atoms with E-state index in [4.69, 9.17) is 9.05 Å². The molecule has 9 heteroatoms. The summed E-state index contributed by atoms with van der Waals surface area (Å²) in [7, 11) is 1.61. The van der Waals surface area contributed by atoms with Crippen molar-refractivity contribution in [2.45, 2.75) is 167 Å². The fourth-order valence-corrected chi connectivity index (χ4v) is 5.76. The SMILES string of the molecule is CCCC/C=C\CCCCCCCC(=O)NC(COP(=O)(O)OCC[N+](C)(C)C)C(O)CCCCCCCCCCCCC. The monoisotopic (exact) mass is 648 g/mol. The smallest absolute Gasteiger partial charge is 0.391 e. The van der Waals surface area contributed by atoms with Crippen molar-refractivity contribution in [3.05, 3.63) is 12.2 Å². The van der Waals surface area contributed by atoms with Gasteiger partial charge in [-0.15, -0.1) is 0 Å². The molecule has 0 spiro atoms. The summed E-state index contributed by atoms with van der Waals surface area (Å²) in [5.74, 6) is -0.158. The third-order valence-electron chi connectivity index (χ3n) is 8.01. The molecule has 1 amide bonds. The topological polar surface area (TPSA) is 105 Å². The van der Waals surface area contributed by atoms with E-state index in [0.29, 0.717) is 23.9 Å². The highest BCUT2D eigenvalue weighted by Crippen LogP contribution is 2.43. The van der Waals surface area contributed by atoms with Gasteiger partial charge in [-0.2, -0.15) is 0 Å². The molecule has 0 aliphatic rings. The Balaban J connectivity index is 4.53. The molecule has 0 saturated heterocycles. The second-order valence-electron chi connectivity index (χ2n) is 13.6. The van der Waals surface area contributed by atoms with Crippen LogP contribution in [-0.4, -0.2) is 73.4 Å². The number of aliphatic hydroxyl groups is 1. The van der Waals surface area contributed by atoms with Crippen LogP contribution in [0.3, 0.4) is 0 Å². The number of carbonyl (C=O) groups is 1. The first-order chi connectivity index (χ1) is 21.0. The first-order valence-corrected chi connectivity index (χ1v) is 19.5. The average Bonchev–Trinajstić information content (AvgIpc) is 2.95. The number of hydrogen-bond donors (Lipinski definition) is 3. The molecule has 262 valence electrons. The quantitative estimate of drug-likeness (QED) is 0.0292. The summed E-state index contributed by atoms with van der Waals surface area (Å²) in [6, 6.07) is -0.757. The lowest BCUT2D eigenvalue weighted by atomic mass is 10.0. The fourth-order valence-electron chi connectivity index (χ4n) is 5.02. The Labute approximate surface area is 272 Å². The van der Waals surface area contributed by atoms with Gasteiger partial charge in [0.2, 0.25) is 5.91 Å². The maximum atomic E-state index is 12.7. The highest BCUT2D eigenvalue weighted by molar-refractivity contribution is 7.47. The molecule has 3 N–H and O–H groups in total. The van der Waals surface area contributed by atoms with Gasteiger partial charge in [-0.05, 0) is 32.1 Å². The van der Waals surface area contributed by atoms with Crippen molar-refractivity contribution in [1.82, 2.24) is 5.32 Å². The third kappa shape index (κ3) is 29.9. The maximum Gasteiger partial charge on any atom is 0.472 e. The number of carbonyl (C=O) groups excluding carboxylic acids is 1. The van der Waals surface area contributed by atoms with E-state index in [-0.39, 0.29) is 19.1 Å². The van der Waals surface area contributed by atoms with Gasteiger partial charge in [0.05, 0.1) is 39.9 Å². The predicted molar refractivity (Wildman–Crippen MR) is 185 cm³/mol. The van der Waals surface area contributed by atoms with Crippen LogP contribution < -0.4 is 5.32 Å². The number of quaternary nitrogens is 1. The predicted octanol–water partition coefficient (Wildman–Crippen LogP) is 8.85. The van der Waals surface area contributed by atoms with E-state index < -0.39 is 20.0 Å². The Morgan fingerprint density at radius 3 is 1.82 bits per heavy atom. The van der Waals surface area contributed by atoms with Gasteiger partial charge < -0.3 is 19.8 Å². The zero-order chi connectivity index (χ0) is 32.9. The Kier molecular flexibility index (Phi) is 28.0. The van der Waals surface area contributed by atoms with E-state index in [2.05, 4.69) is 31.3 Å². The number of phosphoric acid groups is 1. The molecule has 0 aliphatic heterocycles. The molecule has 0 fully saturated rings. The van der Waals surface area contributed by atoms with Crippen LogP contribution in [0.1, 0.15) is 155 Å². The molecule has 0 aromatic rings. The van der Waals surface area contributed by atoms with Crippen LogP contribution >= 0.6 is 7.82 Å².